The predicted molar refractivity (Wildman–Crippen MR) is 74.4 cm³/mol. The van der Waals surface area contributed by atoms with Gasteiger partial charge in [0.05, 0.1) is 0 Å². The van der Waals surface area contributed by atoms with Crippen molar-refractivity contribution >= 4 is 21.7 Å². The van der Waals surface area contributed by atoms with Crippen LogP contribution in [0, 0.1) is 0 Å². The van der Waals surface area contributed by atoms with Gasteiger partial charge in [-0.2, -0.15) is 0 Å². The van der Waals surface area contributed by atoms with Crippen LogP contribution >= 0.6 is 15.9 Å². The Morgan fingerprint density at radius 1 is 1.29 bits per heavy atom. The first-order valence-corrected chi connectivity index (χ1v) is 6.81. The number of rotatable bonds is 4. The zero-order valence-corrected chi connectivity index (χ0v) is 11.8. The number of hydrogen-bond donors (Lipinski definition) is 1. The molecule has 0 unspecified atom stereocenters. The lowest BCUT2D eigenvalue weighted by atomic mass is 10.3. The molecule has 0 aliphatic carbocycles. The van der Waals surface area contributed by atoms with Crippen LogP contribution in [0.4, 0.5) is 5.82 Å². The molecular weight excluding hydrogens is 280 g/mol. The van der Waals surface area contributed by atoms with E-state index in [1.807, 2.05) is 18.2 Å². The smallest absolute Gasteiger partial charge is 0.127 e. The lowest BCUT2D eigenvalue weighted by molar-refractivity contribution is 0.158. The molecule has 0 amide bonds. The lowest BCUT2D eigenvalue weighted by Crippen LogP contribution is -2.45. The van der Waals surface area contributed by atoms with Gasteiger partial charge in [-0.3, -0.25) is 4.90 Å². The van der Waals surface area contributed by atoms with E-state index >= 15 is 0 Å². The minimum absolute atomic E-state index is 0.877. The van der Waals surface area contributed by atoms with Gasteiger partial charge in [0.1, 0.15) is 10.4 Å². The summed E-state index contributed by atoms with van der Waals surface area (Å²) in [5.41, 5.74) is 0. The van der Waals surface area contributed by atoms with E-state index in [1.54, 1.807) is 0 Å². The molecule has 1 N–H and O–H groups in total. The quantitative estimate of drug-likeness (QED) is 0.854. The summed E-state index contributed by atoms with van der Waals surface area (Å²) in [6.07, 6.45) is 0. The minimum atomic E-state index is 0.877. The molecule has 4 nitrogen and oxygen atoms in total. The van der Waals surface area contributed by atoms with Gasteiger partial charge in [-0.25, -0.2) is 4.98 Å². The average Bonchev–Trinajstić information content (AvgIpc) is 2.32. The third-order valence-electron chi connectivity index (χ3n) is 3.05. The van der Waals surface area contributed by atoms with Crippen LogP contribution in [0.2, 0.25) is 0 Å². The van der Waals surface area contributed by atoms with Gasteiger partial charge in [-0.15, -0.1) is 0 Å². The molecule has 0 aromatic carbocycles. The number of pyridine rings is 1. The molecule has 2 heterocycles. The van der Waals surface area contributed by atoms with E-state index in [0.717, 1.165) is 23.5 Å². The van der Waals surface area contributed by atoms with Crippen LogP contribution in [0.25, 0.3) is 0 Å². The van der Waals surface area contributed by atoms with Crippen LogP contribution in [0.3, 0.4) is 0 Å². The summed E-state index contributed by atoms with van der Waals surface area (Å²) in [5, 5.41) is 3.35. The van der Waals surface area contributed by atoms with E-state index < -0.39 is 0 Å². The summed E-state index contributed by atoms with van der Waals surface area (Å²) in [5.74, 6) is 0.938. The maximum absolute atomic E-state index is 4.35. The molecule has 17 heavy (non-hydrogen) atoms. The zero-order chi connectivity index (χ0) is 12.1. The monoisotopic (exact) mass is 298 g/mol. The minimum Gasteiger partial charge on any atom is -0.369 e. The Kier molecular flexibility index (Phi) is 4.76. The maximum Gasteiger partial charge on any atom is 0.127 e. The second-order valence-electron chi connectivity index (χ2n) is 4.42. The summed E-state index contributed by atoms with van der Waals surface area (Å²) in [6.45, 7) is 6.73. The fourth-order valence-corrected chi connectivity index (χ4v) is 2.26. The van der Waals surface area contributed by atoms with Gasteiger partial charge in [-0.05, 0) is 35.1 Å². The number of halogens is 1. The first kappa shape index (κ1) is 12.8. The second kappa shape index (κ2) is 6.33. The Bertz CT molecular complexity index is 350. The Morgan fingerprint density at radius 2 is 2.06 bits per heavy atom. The van der Waals surface area contributed by atoms with Crippen molar-refractivity contribution in [2.75, 3.05) is 51.6 Å². The highest BCUT2D eigenvalue weighted by Gasteiger charge is 2.12. The van der Waals surface area contributed by atoms with E-state index in [-0.39, 0.29) is 0 Å². The van der Waals surface area contributed by atoms with Gasteiger partial charge < -0.3 is 10.2 Å². The van der Waals surface area contributed by atoms with Crippen LogP contribution in [-0.4, -0.2) is 61.1 Å². The molecule has 0 atom stereocenters. The number of likely N-dealkylation sites (N-methyl/N-ethyl adjacent to an activating group) is 1. The highest BCUT2D eigenvalue weighted by Crippen LogP contribution is 2.09. The average molecular weight is 299 g/mol. The highest BCUT2D eigenvalue weighted by atomic mass is 79.9. The molecule has 1 aliphatic heterocycles. The Hall–Kier alpha value is -0.650. The van der Waals surface area contributed by atoms with E-state index in [4.69, 9.17) is 0 Å². The van der Waals surface area contributed by atoms with Crippen molar-refractivity contribution < 1.29 is 0 Å². The highest BCUT2D eigenvalue weighted by molar-refractivity contribution is 9.10. The van der Waals surface area contributed by atoms with E-state index in [1.165, 1.54) is 26.2 Å². The molecule has 1 aromatic heterocycles. The standard InChI is InChI=1S/C12H19BrN4/c1-16-7-9-17(10-8-16)6-5-14-12-4-2-3-11(13)15-12/h2-4H,5-10H2,1H3,(H,14,15). The molecular formula is C12H19BrN4. The summed E-state index contributed by atoms with van der Waals surface area (Å²) in [6, 6.07) is 5.93. The number of hydrogen-bond acceptors (Lipinski definition) is 4. The van der Waals surface area contributed by atoms with Crippen LogP contribution in [-0.2, 0) is 0 Å². The molecule has 1 aliphatic rings. The number of nitrogens with one attached hydrogen (secondary N) is 1. The second-order valence-corrected chi connectivity index (χ2v) is 5.23. The van der Waals surface area contributed by atoms with Gasteiger partial charge in [0.15, 0.2) is 0 Å². The number of piperazine rings is 1. The van der Waals surface area contributed by atoms with Gasteiger partial charge in [0.2, 0.25) is 0 Å². The Labute approximate surface area is 111 Å². The first-order valence-electron chi connectivity index (χ1n) is 6.01. The fourth-order valence-electron chi connectivity index (χ4n) is 1.92. The van der Waals surface area contributed by atoms with Crippen molar-refractivity contribution in [3.05, 3.63) is 22.8 Å². The molecule has 0 bridgehead atoms. The van der Waals surface area contributed by atoms with Gasteiger partial charge in [0.25, 0.3) is 0 Å². The Morgan fingerprint density at radius 3 is 2.76 bits per heavy atom. The van der Waals surface area contributed by atoms with Crippen molar-refractivity contribution in [3.8, 4) is 0 Å². The molecule has 94 valence electrons. The first-order chi connectivity index (χ1) is 8.24. The molecule has 5 heteroatoms. The van der Waals surface area contributed by atoms with Crippen LogP contribution in [0.15, 0.2) is 22.8 Å². The third kappa shape index (κ3) is 4.26. The third-order valence-corrected chi connectivity index (χ3v) is 3.49. The summed E-state index contributed by atoms with van der Waals surface area (Å²) in [4.78, 5) is 9.21. The number of nitrogens with zero attached hydrogens (tertiary/aromatic N) is 3. The van der Waals surface area contributed by atoms with E-state index in [0.29, 0.717) is 0 Å². The fraction of sp³-hybridized carbons (Fsp3) is 0.583. The van der Waals surface area contributed by atoms with E-state index in [2.05, 4.69) is 43.1 Å². The normalized spacial score (nSPS) is 18.2. The Balaban J connectivity index is 1.69. The van der Waals surface area contributed by atoms with Gasteiger partial charge in [-0.1, -0.05) is 6.07 Å². The zero-order valence-electron chi connectivity index (χ0n) is 10.2. The van der Waals surface area contributed by atoms with Crippen molar-refractivity contribution in [3.63, 3.8) is 0 Å². The van der Waals surface area contributed by atoms with Crippen LogP contribution < -0.4 is 5.32 Å². The van der Waals surface area contributed by atoms with Crippen molar-refractivity contribution in [2.45, 2.75) is 0 Å². The maximum atomic E-state index is 4.35. The van der Waals surface area contributed by atoms with Crippen molar-refractivity contribution in [1.29, 1.82) is 0 Å². The summed E-state index contributed by atoms with van der Waals surface area (Å²) < 4.78 is 0.877. The molecule has 0 spiro atoms. The summed E-state index contributed by atoms with van der Waals surface area (Å²) in [7, 11) is 2.18. The summed E-state index contributed by atoms with van der Waals surface area (Å²) >= 11 is 3.37. The SMILES string of the molecule is CN1CCN(CCNc2cccc(Br)n2)CC1. The van der Waals surface area contributed by atoms with Crippen molar-refractivity contribution in [1.82, 2.24) is 14.8 Å². The molecule has 1 fully saturated rings. The van der Waals surface area contributed by atoms with Gasteiger partial charge >= 0.3 is 0 Å². The van der Waals surface area contributed by atoms with Crippen molar-refractivity contribution in [2.24, 2.45) is 0 Å². The molecule has 1 saturated heterocycles. The molecule has 0 radical (unpaired) electrons. The molecule has 2 rings (SSSR count). The van der Waals surface area contributed by atoms with E-state index in [9.17, 15) is 0 Å². The molecule has 0 saturated carbocycles. The van der Waals surface area contributed by atoms with Crippen LogP contribution in [0.1, 0.15) is 0 Å². The number of aromatic nitrogens is 1. The molecule has 1 aromatic rings. The largest absolute Gasteiger partial charge is 0.369 e. The van der Waals surface area contributed by atoms with Crippen LogP contribution in [0.5, 0.6) is 0 Å². The van der Waals surface area contributed by atoms with Gasteiger partial charge in [0, 0.05) is 39.3 Å². The topological polar surface area (TPSA) is 31.4 Å². The predicted octanol–water partition coefficient (Wildman–Crippen LogP) is 1.50. The number of anilines is 1. The lowest BCUT2D eigenvalue weighted by Gasteiger charge is -2.32.